The Morgan fingerprint density at radius 2 is 1.05 bits per heavy atom. The molecule has 0 amide bonds. The molecule has 3 heteroatoms. The summed E-state index contributed by atoms with van der Waals surface area (Å²) in [5.74, 6) is 0. The molecule has 0 heterocycles. The monoisotopic (exact) mass is 284 g/mol. The van der Waals surface area contributed by atoms with Crippen LogP contribution in [-0.4, -0.2) is 13.2 Å². The van der Waals surface area contributed by atoms with Gasteiger partial charge in [-0.3, -0.25) is 0 Å². The third-order valence-electron chi connectivity index (χ3n) is 3.60. The summed E-state index contributed by atoms with van der Waals surface area (Å²) in [5, 5.41) is 0. The van der Waals surface area contributed by atoms with E-state index in [4.69, 9.17) is 16.2 Å². The van der Waals surface area contributed by atoms with Crippen LogP contribution >= 0.6 is 0 Å². The zero-order valence-electron chi connectivity index (χ0n) is 12.3. The van der Waals surface area contributed by atoms with Crippen LogP contribution in [0.4, 0.5) is 0 Å². The van der Waals surface area contributed by atoms with Crippen LogP contribution in [0.2, 0.25) is 0 Å². The van der Waals surface area contributed by atoms with Gasteiger partial charge in [-0.15, -0.1) is 0 Å². The molecule has 4 N–H and O–H groups in total. The highest BCUT2D eigenvalue weighted by Gasteiger charge is 2.07. The predicted molar refractivity (Wildman–Crippen MR) is 86.8 cm³/mol. The van der Waals surface area contributed by atoms with Gasteiger partial charge in [-0.05, 0) is 24.0 Å². The Kier molecular flexibility index (Phi) is 6.41. The molecule has 2 aromatic rings. The average molecular weight is 284 g/mol. The fraction of sp³-hybridized carbons (Fsp3) is 0.333. The lowest BCUT2D eigenvalue weighted by Gasteiger charge is -2.14. The smallest absolute Gasteiger partial charge is 0.0484 e. The van der Waals surface area contributed by atoms with Crippen LogP contribution in [-0.2, 0) is 4.74 Å². The van der Waals surface area contributed by atoms with Gasteiger partial charge in [0.1, 0.15) is 0 Å². The average Bonchev–Trinajstić information content (AvgIpc) is 2.55. The molecule has 3 nitrogen and oxygen atoms in total. The fourth-order valence-corrected chi connectivity index (χ4v) is 2.26. The molecule has 0 radical (unpaired) electrons. The van der Waals surface area contributed by atoms with E-state index in [2.05, 4.69) is 24.3 Å². The van der Waals surface area contributed by atoms with Crippen LogP contribution < -0.4 is 11.5 Å². The van der Waals surface area contributed by atoms with E-state index < -0.39 is 0 Å². The van der Waals surface area contributed by atoms with Gasteiger partial charge in [-0.1, -0.05) is 60.7 Å². The molecule has 0 unspecified atom stereocenters. The standard InChI is InChI=1S/C18H24N2O/c19-17(15-7-3-1-4-8-15)11-13-21-14-12-18(20)16-9-5-2-6-10-16/h1-10,17-18H,11-14,19-20H2/t17-,18-/m0/s1. The molecule has 0 saturated heterocycles. The van der Waals surface area contributed by atoms with Crippen molar-refractivity contribution in [2.24, 2.45) is 11.5 Å². The van der Waals surface area contributed by atoms with Crippen LogP contribution in [0.3, 0.4) is 0 Å². The normalized spacial score (nSPS) is 13.8. The Balaban J connectivity index is 1.62. The highest BCUT2D eigenvalue weighted by molar-refractivity contribution is 5.19. The Hall–Kier alpha value is -1.68. The molecule has 2 rings (SSSR count). The van der Waals surface area contributed by atoms with E-state index >= 15 is 0 Å². The maximum atomic E-state index is 6.12. The molecule has 0 aliphatic heterocycles. The molecule has 2 aromatic carbocycles. The molecule has 0 aliphatic carbocycles. The first-order valence-corrected chi connectivity index (χ1v) is 7.46. The minimum Gasteiger partial charge on any atom is -0.381 e. The summed E-state index contributed by atoms with van der Waals surface area (Å²) in [7, 11) is 0. The maximum absolute atomic E-state index is 6.12. The van der Waals surface area contributed by atoms with Gasteiger partial charge in [0.2, 0.25) is 0 Å². The molecule has 0 aliphatic rings. The summed E-state index contributed by atoms with van der Waals surface area (Å²) in [5.41, 5.74) is 14.6. The Labute approximate surface area is 126 Å². The SMILES string of the molecule is N[C@@H](CCOCC[C@H](N)c1ccccc1)c1ccccc1. The predicted octanol–water partition coefficient (Wildman–Crippen LogP) is 3.18. The summed E-state index contributed by atoms with van der Waals surface area (Å²) in [4.78, 5) is 0. The van der Waals surface area contributed by atoms with Crippen LogP contribution in [0.1, 0.15) is 36.1 Å². The van der Waals surface area contributed by atoms with Crippen molar-refractivity contribution in [3.05, 3.63) is 71.8 Å². The minimum absolute atomic E-state index is 0.0361. The lowest BCUT2D eigenvalue weighted by atomic mass is 10.1. The summed E-state index contributed by atoms with van der Waals surface area (Å²) in [6.45, 7) is 1.33. The second kappa shape index (κ2) is 8.57. The lowest BCUT2D eigenvalue weighted by molar-refractivity contribution is 0.120. The molecular formula is C18H24N2O. The van der Waals surface area contributed by atoms with Crippen LogP contribution in [0.25, 0.3) is 0 Å². The molecule has 21 heavy (non-hydrogen) atoms. The van der Waals surface area contributed by atoms with E-state index in [0.717, 1.165) is 24.0 Å². The number of hydrogen-bond acceptors (Lipinski definition) is 3. The van der Waals surface area contributed by atoms with E-state index in [1.165, 1.54) is 0 Å². The van der Waals surface area contributed by atoms with Crippen molar-refractivity contribution in [3.63, 3.8) is 0 Å². The van der Waals surface area contributed by atoms with Crippen LogP contribution in [0.5, 0.6) is 0 Å². The van der Waals surface area contributed by atoms with E-state index in [9.17, 15) is 0 Å². The molecule has 0 bridgehead atoms. The molecule has 0 fully saturated rings. The third kappa shape index (κ3) is 5.31. The number of nitrogens with two attached hydrogens (primary N) is 2. The summed E-state index contributed by atoms with van der Waals surface area (Å²) in [6, 6.07) is 20.3. The van der Waals surface area contributed by atoms with Crippen LogP contribution in [0, 0.1) is 0 Å². The second-order valence-corrected chi connectivity index (χ2v) is 5.22. The van der Waals surface area contributed by atoms with Crippen molar-refractivity contribution >= 4 is 0 Å². The van der Waals surface area contributed by atoms with Crippen LogP contribution in [0.15, 0.2) is 60.7 Å². The highest BCUT2D eigenvalue weighted by atomic mass is 16.5. The lowest BCUT2D eigenvalue weighted by Crippen LogP contribution is -2.16. The zero-order chi connectivity index (χ0) is 14.9. The van der Waals surface area contributed by atoms with Gasteiger partial charge in [-0.25, -0.2) is 0 Å². The van der Waals surface area contributed by atoms with Crippen molar-refractivity contribution in [3.8, 4) is 0 Å². The summed E-state index contributed by atoms with van der Waals surface area (Å²) in [6.07, 6.45) is 1.65. The molecule has 2 atom stereocenters. The quantitative estimate of drug-likeness (QED) is 0.732. The van der Waals surface area contributed by atoms with Crippen molar-refractivity contribution in [2.75, 3.05) is 13.2 Å². The van der Waals surface area contributed by atoms with Gasteiger partial charge in [-0.2, -0.15) is 0 Å². The molecule has 0 aromatic heterocycles. The zero-order valence-corrected chi connectivity index (χ0v) is 12.3. The third-order valence-corrected chi connectivity index (χ3v) is 3.60. The molecular weight excluding hydrogens is 260 g/mol. The Bertz CT molecular complexity index is 454. The van der Waals surface area contributed by atoms with Crippen molar-refractivity contribution in [1.29, 1.82) is 0 Å². The van der Waals surface area contributed by atoms with Gasteiger partial charge < -0.3 is 16.2 Å². The first-order valence-electron chi connectivity index (χ1n) is 7.46. The second-order valence-electron chi connectivity index (χ2n) is 5.22. The Morgan fingerprint density at radius 3 is 1.43 bits per heavy atom. The Morgan fingerprint density at radius 1 is 0.667 bits per heavy atom. The summed E-state index contributed by atoms with van der Waals surface area (Å²) >= 11 is 0. The largest absolute Gasteiger partial charge is 0.381 e. The van der Waals surface area contributed by atoms with Gasteiger partial charge in [0.15, 0.2) is 0 Å². The van der Waals surface area contributed by atoms with E-state index in [-0.39, 0.29) is 12.1 Å². The highest BCUT2D eigenvalue weighted by Crippen LogP contribution is 2.15. The first kappa shape index (κ1) is 15.7. The first-order chi connectivity index (χ1) is 10.3. The van der Waals surface area contributed by atoms with Gasteiger partial charge in [0, 0.05) is 25.3 Å². The number of hydrogen-bond donors (Lipinski definition) is 2. The number of rotatable bonds is 8. The molecule has 0 saturated carbocycles. The summed E-state index contributed by atoms with van der Waals surface area (Å²) < 4.78 is 5.66. The van der Waals surface area contributed by atoms with E-state index in [1.807, 2.05) is 36.4 Å². The number of ether oxygens (including phenoxy) is 1. The molecule has 112 valence electrons. The van der Waals surface area contributed by atoms with Gasteiger partial charge in [0.05, 0.1) is 0 Å². The number of benzene rings is 2. The molecule has 0 spiro atoms. The van der Waals surface area contributed by atoms with Crippen molar-refractivity contribution in [2.45, 2.75) is 24.9 Å². The topological polar surface area (TPSA) is 61.3 Å². The fourth-order valence-electron chi connectivity index (χ4n) is 2.26. The van der Waals surface area contributed by atoms with Crippen molar-refractivity contribution in [1.82, 2.24) is 0 Å². The van der Waals surface area contributed by atoms with E-state index in [0.29, 0.717) is 13.2 Å². The maximum Gasteiger partial charge on any atom is 0.0484 e. The van der Waals surface area contributed by atoms with E-state index in [1.54, 1.807) is 0 Å². The van der Waals surface area contributed by atoms with Crippen molar-refractivity contribution < 1.29 is 4.74 Å². The minimum atomic E-state index is 0.0361. The van der Waals surface area contributed by atoms with Gasteiger partial charge in [0.25, 0.3) is 0 Å². The van der Waals surface area contributed by atoms with Gasteiger partial charge >= 0.3 is 0 Å².